The SMILES string of the molecule is CC(C1CCNCC1)N1CCN(c2cccc3[nH]ccc23)CC1. The first-order valence-electron chi connectivity index (χ1n) is 9.09. The number of nitrogens with zero attached hydrogens (tertiary/aromatic N) is 2. The van der Waals surface area contributed by atoms with Crippen molar-refractivity contribution in [2.45, 2.75) is 25.8 Å². The van der Waals surface area contributed by atoms with Crippen LogP contribution in [-0.2, 0) is 0 Å². The molecule has 2 aromatic rings. The van der Waals surface area contributed by atoms with Crippen molar-refractivity contribution in [1.29, 1.82) is 0 Å². The molecule has 0 saturated carbocycles. The molecule has 0 bridgehead atoms. The highest BCUT2D eigenvalue weighted by atomic mass is 15.3. The van der Waals surface area contributed by atoms with Gasteiger partial charge in [0.2, 0.25) is 0 Å². The molecule has 1 aromatic carbocycles. The van der Waals surface area contributed by atoms with Crippen LogP contribution in [0.3, 0.4) is 0 Å². The van der Waals surface area contributed by atoms with Crippen LogP contribution in [0.1, 0.15) is 19.8 Å². The van der Waals surface area contributed by atoms with E-state index in [0.717, 1.165) is 25.0 Å². The van der Waals surface area contributed by atoms with E-state index in [9.17, 15) is 0 Å². The monoisotopic (exact) mass is 312 g/mol. The first-order valence-corrected chi connectivity index (χ1v) is 9.09. The Balaban J connectivity index is 1.41. The molecule has 2 aliphatic rings. The van der Waals surface area contributed by atoms with Crippen LogP contribution in [0, 0.1) is 5.92 Å². The van der Waals surface area contributed by atoms with Crippen molar-refractivity contribution in [3.63, 3.8) is 0 Å². The molecule has 0 amide bonds. The Hall–Kier alpha value is -1.52. The molecule has 4 nitrogen and oxygen atoms in total. The Morgan fingerprint density at radius 3 is 2.61 bits per heavy atom. The van der Waals surface area contributed by atoms with Crippen molar-refractivity contribution in [2.24, 2.45) is 5.92 Å². The first-order chi connectivity index (χ1) is 11.3. The van der Waals surface area contributed by atoms with Gasteiger partial charge in [-0.05, 0) is 57.0 Å². The van der Waals surface area contributed by atoms with Crippen molar-refractivity contribution < 1.29 is 0 Å². The Bertz CT molecular complexity index is 636. The molecule has 2 aliphatic heterocycles. The number of anilines is 1. The molecule has 2 N–H and O–H groups in total. The minimum atomic E-state index is 0.724. The van der Waals surface area contributed by atoms with Gasteiger partial charge in [0.1, 0.15) is 0 Å². The smallest absolute Gasteiger partial charge is 0.0474 e. The lowest BCUT2D eigenvalue weighted by Crippen LogP contribution is -2.52. The number of benzene rings is 1. The number of fused-ring (bicyclic) bond motifs is 1. The molecule has 4 heteroatoms. The number of piperidine rings is 1. The van der Waals surface area contributed by atoms with Gasteiger partial charge < -0.3 is 15.2 Å². The summed E-state index contributed by atoms with van der Waals surface area (Å²) in [6, 6.07) is 9.52. The summed E-state index contributed by atoms with van der Waals surface area (Å²) in [6.07, 6.45) is 4.72. The van der Waals surface area contributed by atoms with Gasteiger partial charge in [0.05, 0.1) is 0 Å². The maximum absolute atomic E-state index is 3.49. The topological polar surface area (TPSA) is 34.3 Å². The van der Waals surface area contributed by atoms with Crippen molar-refractivity contribution in [3.05, 3.63) is 30.5 Å². The molecule has 1 atom stereocenters. The van der Waals surface area contributed by atoms with E-state index in [1.165, 1.54) is 55.6 Å². The second-order valence-electron chi connectivity index (χ2n) is 7.07. The quantitative estimate of drug-likeness (QED) is 0.914. The average Bonchev–Trinajstić information content (AvgIpc) is 3.11. The second-order valence-corrected chi connectivity index (χ2v) is 7.07. The van der Waals surface area contributed by atoms with E-state index in [4.69, 9.17) is 0 Å². The summed E-state index contributed by atoms with van der Waals surface area (Å²) >= 11 is 0. The highest BCUT2D eigenvalue weighted by molar-refractivity contribution is 5.92. The fourth-order valence-electron chi connectivity index (χ4n) is 4.34. The molecule has 1 unspecified atom stereocenters. The Kier molecular flexibility index (Phi) is 4.27. The molecule has 1 aromatic heterocycles. The number of hydrogen-bond donors (Lipinski definition) is 2. The van der Waals surface area contributed by atoms with E-state index in [2.05, 4.69) is 51.3 Å². The molecule has 0 aliphatic carbocycles. The predicted octanol–water partition coefficient (Wildman–Crippen LogP) is 2.68. The van der Waals surface area contributed by atoms with E-state index in [-0.39, 0.29) is 0 Å². The fraction of sp³-hybridized carbons (Fsp3) is 0.579. The molecule has 124 valence electrons. The van der Waals surface area contributed by atoms with Crippen molar-refractivity contribution >= 4 is 16.6 Å². The normalized spacial score (nSPS) is 22.6. The molecule has 4 rings (SSSR count). The van der Waals surface area contributed by atoms with Gasteiger partial charge >= 0.3 is 0 Å². The summed E-state index contributed by atoms with van der Waals surface area (Å²) in [4.78, 5) is 8.60. The number of nitrogens with one attached hydrogen (secondary N) is 2. The number of H-pyrrole nitrogens is 1. The van der Waals surface area contributed by atoms with Crippen LogP contribution in [-0.4, -0.2) is 55.2 Å². The lowest BCUT2D eigenvalue weighted by molar-refractivity contribution is 0.127. The minimum Gasteiger partial charge on any atom is -0.368 e. The van der Waals surface area contributed by atoms with E-state index >= 15 is 0 Å². The maximum atomic E-state index is 3.49. The van der Waals surface area contributed by atoms with Crippen molar-refractivity contribution in [1.82, 2.24) is 15.2 Å². The standard InChI is InChI=1S/C19H28N4/c1-15(16-5-8-20-9-6-16)22-11-13-23(14-12-22)19-4-2-3-18-17(19)7-10-21-18/h2-4,7,10,15-16,20-21H,5-6,8-9,11-14H2,1H3. The summed E-state index contributed by atoms with van der Waals surface area (Å²) in [6.45, 7) is 9.49. The van der Waals surface area contributed by atoms with Crippen LogP contribution >= 0.6 is 0 Å². The van der Waals surface area contributed by atoms with Gasteiger partial charge in [0.25, 0.3) is 0 Å². The molecule has 3 heterocycles. The minimum absolute atomic E-state index is 0.724. The number of rotatable bonds is 3. The Morgan fingerprint density at radius 2 is 1.83 bits per heavy atom. The van der Waals surface area contributed by atoms with Crippen molar-refractivity contribution in [2.75, 3.05) is 44.2 Å². The van der Waals surface area contributed by atoms with Crippen LogP contribution in [0.2, 0.25) is 0 Å². The van der Waals surface area contributed by atoms with Gasteiger partial charge in [-0.3, -0.25) is 4.90 Å². The Labute approximate surface area is 138 Å². The first kappa shape index (κ1) is 15.0. The zero-order valence-electron chi connectivity index (χ0n) is 14.1. The van der Waals surface area contributed by atoms with E-state index in [0.29, 0.717) is 0 Å². The van der Waals surface area contributed by atoms with Crippen molar-refractivity contribution in [3.8, 4) is 0 Å². The lowest BCUT2D eigenvalue weighted by Gasteiger charge is -2.42. The fourth-order valence-corrected chi connectivity index (χ4v) is 4.34. The van der Waals surface area contributed by atoms with Crippen LogP contribution in [0.5, 0.6) is 0 Å². The summed E-state index contributed by atoms with van der Waals surface area (Å²) < 4.78 is 0. The summed E-state index contributed by atoms with van der Waals surface area (Å²) in [5.41, 5.74) is 2.63. The third-order valence-electron chi connectivity index (χ3n) is 5.87. The van der Waals surface area contributed by atoms with Crippen LogP contribution in [0.25, 0.3) is 10.9 Å². The molecule has 0 radical (unpaired) electrons. The Morgan fingerprint density at radius 1 is 1.04 bits per heavy atom. The number of piperazine rings is 1. The van der Waals surface area contributed by atoms with Crippen LogP contribution in [0.4, 0.5) is 5.69 Å². The van der Waals surface area contributed by atoms with E-state index < -0.39 is 0 Å². The zero-order valence-corrected chi connectivity index (χ0v) is 14.1. The second kappa shape index (κ2) is 6.54. The van der Waals surface area contributed by atoms with Gasteiger partial charge in [0.15, 0.2) is 0 Å². The summed E-state index contributed by atoms with van der Waals surface area (Å²) in [5.74, 6) is 0.871. The molecule has 2 fully saturated rings. The summed E-state index contributed by atoms with van der Waals surface area (Å²) in [5, 5.41) is 4.84. The number of hydrogen-bond acceptors (Lipinski definition) is 3. The maximum Gasteiger partial charge on any atom is 0.0474 e. The largest absolute Gasteiger partial charge is 0.368 e. The molecular weight excluding hydrogens is 284 g/mol. The highest BCUT2D eigenvalue weighted by Gasteiger charge is 2.28. The third kappa shape index (κ3) is 2.98. The molecule has 2 saturated heterocycles. The zero-order chi connectivity index (χ0) is 15.6. The summed E-state index contributed by atoms with van der Waals surface area (Å²) in [7, 11) is 0. The average molecular weight is 312 g/mol. The molecular formula is C19H28N4. The molecule has 0 spiro atoms. The van der Waals surface area contributed by atoms with Crippen LogP contribution in [0.15, 0.2) is 30.5 Å². The van der Waals surface area contributed by atoms with Gasteiger partial charge in [-0.1, -0.05) is 6.07 Å². The van der Waals surface area contributed by atoms with Gasteiger partial charge in [-0.15, -0.1) is 0 Å². The van der Waals surface area contributed by atoms with Crippen LogP contribution < -0.4 is 10.2 Å². The van der Waals surface area contributed by atoms with Gasteiger partial charge in [-0.2, -0.15) is 0 Å². The van der Waals surface area contributed by atoms with E-state index in [1.54, 1.807) is 0 Å². The van der Waals surface area contributed by atoms with E-state index in [1.807, 2.05) is 6.20 Å². The van der Waals surface area contributed by atoms with Gasteiger partial charge in [-0.25, -0.2) is 0 Å². The van der Waals surface area contributed by atoms with Gasteiger partial charge in [0, 0.05) is 55.0 Å². The third-order valence-corrected chi connectivity index (χ3v) is 5.87. The highest BCUT2D eigenvalue weighted by Crippen LogP contribution is 2.28. The lowest BCUT2D eigenvalue weighted by atomic mass is 9.90. The number of aromatic nitrogens is 1. The predicted molar refractivity (Wildman–Crippen MR) is 97.1 cm³/mol. The number of aromatic amines is 1. The molecule has 23 heavy (non-hydrogen) atoms.